The van der Waals surface area contributed by atoms with Gasteiger partial charge in [0.15, 0.2) is 17.3 Å². The van der Waals surface area contributed by atoms with Crippen LogP contribution in [0.1, 0.15) is 21.5 Å². The first-order chi connectivity index (χ1) is 16.5. The lowest BCUT2D eigenvalue weighted by Crippen LogP contribution is -2.03. The molecule has 0 bridgehead atoms. The van der Waals surface area contributed by atoms with Gasteiger partial charge in [-0.25, -0.2) is 4.79 Å². The first kappa shape index (κ1) is 22.7. The Morgan fingerprint density at radius 1 is 0.882 bits per heavy atom. The maximum absolute atomic E-state index is 12.9. The highest BCUT2D eigenvalue weighted by Crippen LogP contribution is 2.42. The van der Waals surface area contributed by atoms with Gasteiger partial charge in [0, 0.05) is 17.7 Å². The van der Waals surface area contributed by atoms with Gasteiger partial charge in [-0.15, -0.1) is 0 Å². The Balaban J connectivity index is 1.54. The fourth-order valence-electron chi connectivity index (χ4n) is 3.49. The number of Topliss-reactive ketones (excluding diaryl/α,β-unsaturated/α-hetero) is 1. The highest BCUT2D eigenvalue weighted by atomic mass is 16.5. The summed E-state index contributed by atoms with van der Waals surface area (Å²) in [6.07, 6.45) is 4.56. The topological polar surface area (TPSA) is 80.3 Å². The number of methoxy groups -OCH3 is 3. The third-order valence-electron chi connectivity index (χ3n) is 5.09. The molecule has 3 aromatic carbocycles. The summed E-state index contributed by atoms with van der Waals surface area (Å²) < 4.78 is 27.3. The lowest BCUT2D eigenvalue weighted by atomic mass is 10.1. The lowest BCUT2D eigenvalue weighted by Gasteiger charge is -2.14. The van der Waals surface area contributed by atoms with Crippen molar-refractivity contribution in [3.63, 3.8) is 0 Å². The van der Waals surface area contributed by atoms with E-state index in [1.54, 1.807) is 36.4 Å². The van der Waals surface area contributed by atoms with Gasteiger partial charge in [0.25, 0.3) is 0 Å². The summed E-state index contributed by atoms with van der Waals surface area (Å²) in [5.74, 6) is 1.13. The lowest BCUT2D eigenvalue weighted by molar-refractivity contribution is -0.128. The number of benzene rings is 3. The van der Waals surface area contributed by atoms with Crippen molar-refractivity contribution in [2.75, 3.05) is 21.3 Å². The monoisotopic (exact) mass is 458 g/mol. The summed E-state index contributed by atoms with van der Waals surface area (Å²) in [7, 11) is 4.53. The summed E-state index contributed by atoms with van der Waals surface area (Å²) >= 11 is 0. The van der Waals surface area contributed by atoms with Crippen LogP contribution in [-0.2, 0) is 4.79 Å². The number of carbonyl (C=O) groups excluding carboxylic acids is 2. The molecule has 4 rings (SSSR count). The molecule has 0 saturated carbocycles. The molecular weight excluding hydrogens is 436 g/mol. The molecule has 1 aliphatic rings. The van der Waals surface area contributed by atoms with Crippen LogP contribution >= 0.6 is 0 Å². The van der Waals surface area contributed by atoms with Gasteiger partial charge < -0.3 is 23.7 Å². The van der Waals surface area contributed by atoms with E-state index in [2.05, 4.69) is 0 Å². The van der Waals surface area contributed by atoms with Crippen molar-refractivity contribution in [2.45, 2.75) is 0 Å². The van der Waals surface area contributed by atoms with Gasteiger partial charge in [0.1, 0.15) is 11.5 Å². The summed E-state index contributed by atoms with van der Waals surface area (Å²) in [6, 6.07) is 17.5. The second-order valence-electron chi connectivity index (χ2n) is 7.19. The van der Waals surface area contributed by atoms with Crippen molar-refractivity contribution in [3.05, 3.63) is 89.2 Å². The van der Waals surface area contributed by atoms with E-state index in [4.69, 9.17) is 23.7 Å². The fourth-order valence-corrected chi connectivity index (χ4v) is 3.49. The molecule has 0 amide bonds. The first-order valence-corrected chi connectivity index (χ1v) is 10.4. The second-order valence-corrected chi connectivity index (χ2v) is 7.19. The molecule has 0 aromatic heterocycles. The molecular formula is C27H22O7. The molecule has 0 N–H and O–H groups in total. The van der Waals surface area contributed by atoms with Crippen molar-refractivity contribution in [3.8, 4) is 28.7 Å². The fraction of sp³-hybridized carbons (Fsp3) is 0.111. The average Bonchev–Trinajstić information content (AvgIpc) is 3.17. The van der Waals surface area contributed by atoms with Crippen LogP contribution in [0.3, 0.4) is 0 Å². The SMILES string of the molecule is COc1ccc(/C=C2\Oc3cc(OC(=O)/C=C/c4ccccc4)ccc3C2=O)c(OC)c1OC. The average molecular weight is 458 g/mol. The number of esters is 1. The zero-order chi connectivity index (χ0) is 24.1. The van der Waals surface area contributed by atoms with E-state index in [-0.39, 0.29) is 17.3 Å². The minimum absolute atomic E-state index is 0.105. The summed E-state index contributed by atoms with van der Waals surface area (Å²) in [6.45, 7) is 0. The van der Waals surface area contributed by atoms with Crippen LogP contribution in [0.4, 0.5) is 0 Å². The van der Waals surface area contributed by atoms with Gasteiger partial charge in [-0.2, -0.15) is 0 Å². The van der Waals surface area contributed by atoms with Crippen molar-refractivity contribution in [1.29, 1.82) is 0 Å². The molecule has 0 fully saturated rings. The van der Waals surface area contributed by atoms with E-state index in [9.17, 15) is 9.59 Å². The van der Waals surface area contributed by atoms with Crippen molar-refractivity contribution in [2.24, 2.45) is 0 Å². The predicted octanol–water partition coefficient (Wildman–Crippen LogP) is 4.95. The third kappa shape index (κ3) is 4.63. The Bertz CT molecular complexity index is 1290. The first-order valence-electron chi connectivity index (χ1n) is 10.4. The Morgan fingerprint density at radius 3 is 2.35 bits per heavy atom. The Kier molecular flexibility index (Phi) is 6.64. The molecule has 172 valence electrons. The van der Waals surface area contributed by atoms with Crippen molar-refractivity contribution >= 4 is 23.9 Å². The molecule has 0 aliphatic carbocycles. The molecule has 3 aromatic rings. The molecule has 0 spiro atoms. The molecule has 0 unspecified atom stereocenters. The normalized spacial score (nSPS) is 13.5. The quantitative estimate of drug-likeness (QED) is 0.282. The molecule has 1 heterocycles. The van der Waals surface area contributed by atoms with Gasteiger partial charge in [-0.05, 0) is 42.0 Å². The summed E-state index contributed by atoms with van der Waals surface area (Å²) in [4.78, 5) is 25.0. The minimum Gasteiger partial charge on any atom is -0.493 e. The van der Waals surface area contributed by atoms with Crippen molar-refractivity contribution < 1.29 is 33.3 Å². The number of carbonyl (C=O) groups is 2. The molecule has 7 heteroatoms. The number of ether oxygens (including phenoxy) is 5. The Labute approximate surface area is 196 Å². The summed E-state index contributed by atoms with van der Waals surface area (Å²) in [5, 5.41) is 0. The number of rotatable bonds is 7. The molecule has 1 aliphatic heterocycles. The minimum atomic E-state index is -0.543. The maximum atomic E-state index is 12.9. The summed E-state index contributed by atoms with van der Waals surface area (Å²) in [5.41, 5.74) is 1.82. The molecule has 0 radical (unpaired) electrons. The van der Waals surface area contributed by atoms with E-state index >= 15 is 0 Å². The third-order valence-corrected chi connectivity index (χ3v) is 5.09. The Morgan fingerprint density at radius 2 is 1.65 bits per heavy atom. The van der Waals surface area contributed by atoms with Crippen LogP contribution in [-0.4, -0.2) is 33.1 Å². The Hall–Kier alpha value is -4.52. The number of hydrogen-bond donors (Lipinski definition) is 0. The van der Waals surface area contributed by atoms with E-state index in [1.165, 1.54) is 33.5 Å². The van der Waals surface area contributed by atoms with E-state index in [0.717, 1.165) is 5.56 Å². The molecule has 7 nitrogen and oxygen atoms in total. The van der Waals surface area contributed by atoms with Crippen LogP contribution in [0.5, 0.6) is 28.7 Å². The maximum Gasteiger partial charge on any atom is 0.336 e. The van der Waals surface area contributed by atoms with Gasteiger partial charge in [-0.3, -0.25) is 4.79 Å². The van der Waals surface area contributed by atoms with Crippen LogP contribution < -0.4 is 23.7 Å². The standard InChI is InChI=1S/C27H22O7/c1-30-21-13-10-18(26(31-2)27(21)32-3)15-23-25(29)20-12-11-19(16-22(20)34-23)33-24(28)14-9-17-7-5-4-6-8-17/h4-16H,1-3H3/b14-9+,23-15-. The largest absolute Gasteiger partial charge is 0.493 e. The number of ketones is 1. The number of fused-ring (bicyclic) bond motifs is 1. The van der Waals surface area contributed by atoms with Crippen LogP contribution in [0, 0.1) is 0 Å². The second kappa shape index (κ2) is 9.95. The highest BCUT2D eigenvalue weighted by molar-refractivity contribution is 6.14. The zero-order valence-corrected chi connectivity index (χ0v) is 18.9. The van der Waals surface area contributed by atoms with Gasteiger partial charge in [0.2, 0.25) is 11.5 Å². The van der Waals surface area contributed by atoms with Crippen molar-refractivity contribution in [1.82, 2.24) is 0 Å². The van der Waals surface area contributed by atoms with Gasteiger partial charge >= 0.3 is 5.97 Å². The smallest absolute Gasteiger partial charge is 0.336 e. The van der Waals surface area contributed by atoms with Gasteiger partial charge in [-0.1, -0.05) is 30.3 Å². The number of allylic oxidation sites excluding steroid dienone is 1. The van der Waals surface area contributed by atoms with E-state index in [0.29, 0.717) is 34.1 Å². The van der Waals surface area contributed by atoms with Crippen LogP contribution in [0.15, 0.2) is 72.5 Å². The zero-order valence-electron chi connectivity index (χ0n) is 18.9. The molecule has 0 saturated heterocycles. The van der Waals surface area contributed by atoms with E-state index < -0.39 is 5.97 Å². The van der Waals surface area contributed by atoms with Gasteiger partial charge in [0.05, 0.1) is 26.9 Å². The predicted molar refractivity (Wildman–Crippen MR) is 127 cm³/mol. The number of hydrogen-bond acceptors (Lipinski definition) is 7. The van der Waals surface area contributed by atoms with E-state index in [1.807, 2.05) is 30.3 Å². The highest BCUT2D eigenvalue weighted by Gasteiger charge is 2.29. The van der Waals surface area contributed by atoms with Crippen LogP contribution in [0.2, 0.25) is 0 Å². The molecule has 0 atom stereocenters. The molecule has 34 heavy (non-hydrogen) atoms. The van der Waals surface area contributed by atoms with Crippen LogP contribution in [0.25, 0.3) is 12.2 Å².